The number of benzene rings is 1. The molecule has 0 aliphatic heterocycles. The number of nitrogens with one attached hydrogen (secondary N) is 2. The number of H-pyrrole nitrogens is 1. The van der Waals surface area contributed by atoms with Crippen LogP contribution in [0, 0.1) is 6.92 Å². The van der Waals surface area contributed by atoms with Gasteiger partial charge in [-0.05, 0) is 63.6 Å². The average Bonchev–Trinajstić information content (AvgIpc) is 2.97. The molecule has 0 radical (unpaired) electrons. The van der Waals surface area contributed by atoms with Crippen molar-refractivity contribution in [3.63, 3.8) is 0 Å². The molecule has 0 saturated heterocycles. The second kappa shape index (κ2) is 7.88. The maximum absolute atomic E-state index is 12.3. The van der Waals surface area contributed by atoms with Crippen LogP contribution in [0.1, 0.15) is 44.6 Å². The normalized spacial score (nSPS) is 16.0. The van der Waals surface area contributed by atoms with Crippen LogP contribution in [-0.2, 0) is 4.79 Å². The molecule has 0 unspecified atom stereocenters. The number of aromatic nitrogens is 2. The summed E-state index contributed by atoms with van der Waals surface area (Å²) in [5.41, 5.74) is 4.66. The highest BCUT2D eigenvalue weighted by Crippen LogP contribution is 2.24. The number of nitrogens with zero attached hydrogens (tertiary/aromatic N) is 1. The highest BCUT2D eigenvalue weighted by Gasteiger charge is 2.16. The van der Waals surface area contributed by atoms with Crippen LogP contribution in [0.15, 0.2) is 35.0 Å². The van der Waals surface area contributed by atoms with Crippen molar-refractivity contribution in [1.29, 1.82) is 0 Å². The minimum absolute atomic E-state index is 0.0769. The van der Waals surface area contributed by atoms with E-state index in [2.05, 4.69) is 34.4 Å². The number of carbonyl (C=O) groups is 1. The first-order valence-corrected chi connectivity index (χ1v) is 9.58. The van der Waals surface area contributed by atoms with E-state index in [9.17, 15) is 4.79 Å². The van der Waals surface area contributed by atoms with Gasteiger partial charge in [-0.15, -0.1) is 0 Å². The average molecular weight is 343 g/mol. The SMILES string of the molecule is Cc1ccc2nc(S[C@@H](C)C(=O)NCCC3=CCCCC3)[nH]c2c1. The summed E-state index contributed by atoms with van der Waals surface area (Å²) in [5, 5.41) is 3.69. The predicted octanol–water partition coefficient (Wildman–Crippen LogP) is 4.36. The molecule has 1 aliphatic rings. The Labute approximate surface area is 147 Å². The Morgan fingerprint density at radius 1 is 1.42 bits per heavy atom. The highest BCUT2D eigenvalue weighted by molar-refractivity contribution is 8.00. The quantitative estimate of drug-likeness (QED) is 0.605. The Hall–Kier alpha value is -1.75. The highest BCUT2D eigenvalue weighted by atomic mass is 32.2. The maximum Gasteiger partial charge on any atom is 0.233 e. The van der Waals surface area contributed by atoms with Crippen LogP contribution < -0.4 is 5.32 Å². The van der Waals surface area contributed by atoms with Crippen molar-refractivity contribution in [2.75, 3.05) is 6.54 Å². The third kappa shape index (κ3) is 4.41. The number of aromatic amines is 1. The number of amides is 1. The monoisotopic (exact) mass is 343 g/mol. The number of aryl methyl sites for hydroxylation is 1. The molecule has 1 aromatic carbocycles. The molecule has 2 aromatic rings. The summed E-state index contributed by atoms with van der Waals surface area (Å²) in [4.78, 5) is 20.1. The summed E-state index contributed by atoms with van der Waals surface area (Å²) >= 11 is 1.48. The third-order valence-electron chi connectivity index (χ3n) is 4.40. The van der Waals surface area contributed by atoms with Gasteiger partial charge in [-0.3, -0.25) is 4.79 Å². The standard InChI is InChI=1S/C19H25N3OS/c1-13-8-9-16-17(12-13)22-19(21-16)24-14(2)18(23)20-11-10-15-6-4-3-5-7-15/h6,8-9,12,14H,3-5,7,10-11H2,1-2H3,(H,20,23)(H,21,22)/t14-/m0/s1. The molecular formula is C19H25N3OS. The zero-order valence-corrected chi connectivity index (χ0v) is 15.2. The Balaban J connectivity index is 1.50. The number of fused-ring (bicyclic) bond motifs is 1. The van der Waals surface area contributed by atoms with Crippen LogP contribution in [0.5, 0.6) is 0 Å². The van der Waals surface area contributed by atoms with Crippen LogP contribution in [-0.4, -0.2) is 27.7 Å². The maximum atomic E-state index is 12.3. The third-order valence-corrected chi connectivity index (χ3v) is 5.39. The topological polar surface area (TPSA) is 57.8 Å². The summed E-state index contributed by atoms with van der Waals surface area (Å²) in [6, 6.07) is 6.14. The summed E-state index contributed by atoms with van der Waals surface area (Å²) in [6.45, 7) is 4.72. The van der Waals surface area contributed by atoms with Crippen LogP contribution >= 0.6 is 11.8 Å². The van der Waals surface area contributed by atoms with Gasteiger partial charge in [0.05, 0.1) is 16.3 Å². The second-order valence-corrected chi connectivity index (χ2v) is 7.80. The van der Waals surface area contributed by atoms with Gasteiger partial charge >= 0.3 is 0 Å². The van der Waals surface area contributed by atoms with Gasteiger partial charge in [0.2, 0.25) is 5.91 Å². The number of hydrogen-bond acceptors (Lipinski definition) is 3. The van der Waals surface area contributed by atoms with Gasteiger partial charge in [-0.2, -0.15) is 0 Å². The number of thioether (sulfide) groups is 1. The van der Waals surface area contributed by atoms with E-state index in [-0.39, 0.29) is 11.2 Å². The predicted molar refractivity (Wildman–Crippen MR) is 100 cm³/mol. The molecule has 1 atom stereocenters. The number of allylic oxidation sites excluding steroid dienone is 1. The lowest BCUT2D eigenvalue weighted by atomic mass is 9.97. The Morgan fingerprint density at radius 3 is 3.08 bits per heavy atom. The molecule has 0 fully saturated rings. The molecule has 4 nitrogen and oxygen atoms in total. The molecule has 2 N–H and O–H groups in total. The zero-order valence-electron chi connectivity index (χ0n) is 14.4. The van der Waals surface area contributed by atoms with E-state index in [1.165, 1.54) is 48.6 Å². The molecule has 3 rings (SSSR count). The molecule has 1 amide bonds. The van der Waals surface area contributed by atoms with E-state index < -0.39 is 0 Å². The van der Waals surface area contributed by atoms with Gasteiger partial charge in [-0.1, -0.05) is 29.5 Å². The van der Waals surface area contributed by atoms with E-state index in [1.54, 1.807) is 0 Å². The summed E-state index contributed by atoms with van der Waals surface area (Å²) in [5.74, 6) is 0.0769. The first kappa shape index (κ1) is 17.1. The lowest BCUT2D eigenvalue weighted by Gasteiger charge is -2.14. The van der Waals surface area contributed by atoms with Gasteiger partial charge in [0, 0.05) is 6.54 Å². The van der Waals surface area contributed by atoms with Crippen molar-refractivity contribution >= 4 is 28.7 Å². The Kier molecular flexibility index (Phi) is 5.61. The largest absolute Gasteiger partial charge is 0.355 e. The van der Waals surface area contributed by atoms with Gasteiger partial charge in [0.15, 0.2) is 5.16 Å². The summed E-state index contributed by atoms with van der Waals surface area (Å²) in [7, 11) is 0. The fraction of sp³-hybridized carbons (Fsp3) is 0.474. The number of carbonyl (C=O) groups excluding carboxylic acids is 1. The van der Waals surface area contributed by atoms with E-state index in [1.807, 2.05) is 19.1 Å². The molecule has 1 aromatic heterocycles. The molecule has 128 valence electrons. The van der Waals surface area contributed by atoms with Gasteiger partial charge in [0.1, 0.15) is 0 Å². The van der Waals surface area contributed by atoms with Gasteiger partial charge in [-0.25, -0.2) is 4.98 Å². The van der Waals surface area contributed by atoms with E-state index >= 15 is 0 Å². The molecular weight excluding hydrogens is 318 g/mol. The van der Waals surface area contributed by atoms with Crippen LogP contribution in [0.3, 0.4) is 0 Å². The molecule has 0 spiro atoms. The summed E-state index contributed by atoms with van der Waals surface area (Å²) in [6.07, 6.45) is 8.30. The number of hydrogen-bond donors (Lipinski definition) is 2. The van der Waals surface area contributed by atoms with Gasteiger partial charge < -0.3 is 10.3 Å². The van der Waals surface area contributed by atoms with E-state index in [0.717, 1.165) is 29.2 Å². The number of rotatable bonds is 6. The Bertz CT molecular complexity index is 750. The van der Waals surface area contributed by atoms with Crippen molar-refractivity contribution in [3.05, 3.63) is 35.4 Å². The fourth-order valence-corrected chi connectivity index (χ4v) is 3.84. The molecule has 1 aliphatic carbocycles. The van der Waals surface area contributed by atoms with Crippen LogP contribution in [0.4, 0.5) is 0 Å². The van der Waals surface area contributed by atoms with Crippen molar-refractivity contribution in [3.8, 4) is 0 Å². The molecule has 0 bridgehead atoms. The van der Waals surface area contributed by atoms with Crippen LogP contribution in [0.2, 0.25) is 0 Å². The van der Waals surface area contributed by atoms with E-state index in [0.29, 0.717) is 0 Å². The van der Waals surface area contributed by atoms with Gasteiger partial charge in [0.25, 0.3) is 0 Å². The lowest BCUT2D eigenvalue weighted by molar-refractivity contribution is -0.120. The van der Waals surface area contributed by atoms with Crippen molar-refractivity contribution in [2.45, 2.75) is 56.4 Å². The van der Waals surface area contributed by atoms with Crippen molar-refractivity contribution in [1.82, 2.24) is 15.3 Å². The number of imidazole rings is 1. The minimum atomic E-state index is -0.160. The lowest BCUT2D eigenvalue weighted by Crippen LogP contribution is -2.31. The molecule has 24 heavy (non-hydrogen) atoms. The van der Waals surface area contributed by atoms with Crippen LogP contribution in [0.25, 0.3) is 11.0 Å². The summed E-state index contributed by atoms with van der Waals surface area (Å²) < 4.78 is 0. The molecule has 0 saturated carbocycles. The van der Waals surface area contributed by atoms with Crippen molar-refractivity contribution in [2.24, 2.45) is 0 Å². The van der Waals surface area contributed by atoms with E-state index in [4.69, 9.17) is 0 Å². The van der Waals surface area contributed by atoms with Crippen molar-refractivity contribution < 1.29 is 4.79 Å². The second-order valence-electron chi connectivity index (χ2n) is 6.47. The molecule has 1 heterocycles. The minimum Gasteiger partial charge on any atom is -0.355 e. The smallest absolute Gasteiger partial charge is 0.233 e. The first-order chi connectivity index (χ1) is 11.6. The zero-order chi connectivity index (χ0) is 16.9. The molecule has 5 heteroatoms. The fourth-order valence-electron chi connectivity index (χ4n) is 3.00. The first-order valence-electron chi connectivity index (χ1n) is 8.70. The Morgan fingerprint density at radius 2 is 2.29 bits per heavy atom.